The second kappa shape index (κ2) is 9.13. The fourth-order valence-corrected chi connectivity index (χ4v) is 5.05. The van der Waals surface area contributed by atoms with Gasteiger partial charge in [0.05, 0.1) is 28.4 Å². The predicted octanol–water partition coefficient (Wildman–Crippen LogP) is 4.14. The number of halogens is 1. The Labute approximate surface area is 190 Å². The molecule has 0 unspecified atom stereocenters. The number of hydrogen-bond acceptors (Lipinski definition) is 6. The molecule has 2 heterocycles. The molecule has 160 valence electrons. The molecule has 4 rings (SSSR count). The van der Waals surface area contributed by atoms with E-state index in [1.807, 2.05) is 27.7 Å². The third kappa shape index (κ3) is 4.46. The van der Waals surface area contributed by atoms with Gasteiger partial charge in [-0.2, -0.15) is 4.99 Å². The van der Waals surface area contributed by atoms with Gasteiger partial charge in [0, 0.05) is 35.7 Å². The minimum atomic E-state index is -0.528. The summed E-state index contributed by atoms with van der Waals surface area (Å²) in [7, 11) is 0. The van der Waals surface area contributed by atoms with Gasteiger partial charge in [0.1, 0.15) is 5.69 Å². The Hall–Kier alpha value is -2.82. The molecule has 0 spiro atoms. The van der Waals surface area contributed by atoms with Crippen LogP contribution in [0.2, 0.25) is 0 Å². The zero-order chi connectivity index (χ0) is 22.0. The molecule has 2 aromatic carbocycles. The van der Waals surface area contributed by atoms with Crippen molar-refractivity contribution in [1.82, 2.24) is 4.57 Å². The van der Waals surface area contributed by atoms with Crippen molar-refractivity contribution < 1.29 is 14.5 Å². The van der Waals surface area contributed by atoms with Gasteiger partial charge in [0.25, 0.3) is 11.6 Å². The Morgan fingerprint density at radius 2 is 2.06 bits per heavy atom. The number of benzene rings is 2. The molecule has 1 aliphatic heterocycles. The first kappa shape index (κ1) is 21.4. The Morgan fingerprint density at radius 3 is 2.77 bits per heavy atom. The molecule has 1 amide bonds. The number of thiazole rings is 1. The number of carbonyl (C=O) groups excluding carboxylic acids is 1. The van der Waals surface area contributed by atoms with Crippen LogP contribution in [0.3, 0.4) is 0 Å². The van der Waals surface area contributed by atoms with Crippen molar-refractivity contribution in [1.29, 1.82) is 0 Å². The number of amides is 1. The van der Waals surface area contributed by atoms with E-state index in [1.54, 1.807) is 18.2 Å². The summed E-state index contributed by atoms with van der Waals surface area (Å²) in [6.45, 7) is 6.43. The fourth-order valence-electron chi connectivity index (χ4n) is 3.46. The van der Waals surface area contributed by atoms with Gasteiger partial charge in [-0.05, 0) is 30.3 Å². The summed E-state index contributed by atoms with van der Waals surface area (Å²) >= 11 is 4.84. The molecular formula is C21H19BrN4O4S. The van der Waals surface area contributed by atoms with E-state index in [4.69, 9.17) is 4.74 Å². The van der Waals surface area contributed by atoms with Crippen LogP contribution in [0, 0.1) is 10.1 Å². The lowest BCUT2D eigenvalue weighted by atomic mass is 10.1. The monoisotopic (exact) mass is 502 g/mol. The maximum Gasteiger partial charge on any atom is 0.293 e. The average Bonchev–Trinajstić information content (AvgIpc) is 3.10. The number of rotatable bonds is 5. The largest absolute Gasteiger partial charge is 0.378 e. The number of nitrogens with zero attached hydrogens (tertiary/aromatic N) is 4. The van der Waals surface area contributed by atoms with Crippen LogP contribution in [-0.2, 0) is 11.3 Å². The standard InChI is InChI=1S/C21H19BrN4O4S/c1-2-7-25-17-6-4-15(22)13-19(17)31-21(25)23-20(27)14-3-5-16(18(12-14)26(28)29)24-8-10-30-11-9-24/h2-6,12-13H,1,7-11H2. The second-order valence-electron chi connectivity index (χ2n) is 6.87. The van der Waals surface area contributed by atoms with Gasteiger partial charge in [-0.25, -0.2) is 0 Å². The van der Waals surface area contributed by atoms with Crippen LogP contribution < -0.4 is 9.70 Å². The lowest BCUT2D eigenvalue weighted by Gasteiger charge is -2.28. The quantitative estimate of drug-likeness (QED) is 0.297. The highest BCUT2D eigenvalue weighted by Crippen LogP contribution is 2.30. The van der Waals surface area contributed by atoms with Crippen LogP contribution in [0.1, 0.15) is 10.4 Å². The van der Waals surface area contributed by atoms with E-state index in [9.17, 15) is 14.9 Å². The maximum atomic E-state index is 12.9. The van der Waals surface area contributed by atoms with Gasteiger partial charge in [-0.3, -0.25) is 14.9 Å². The number of carbonyl (C=O) groups is 1. The highest BCUT2D eigenvalue weighted by atomic mass is 79.9. The van der Waals surface area contributed by atoms with E-state index in [0.717, 1.165) is 14.7 Å². The van der Waals surface area contributed by atoms with Crippen LogP contribution in [0.5, 0.6) is 0 Å². The van der Waals surface area contributed by atoms with Crippen molar-refractivity contribution in [3.8, 4) is 0 Å². The Bertz CT molecular complexity index is 1240. The molecule has 0 radical (unpaired) electrons. The Balaban J connectivity index is 1.75. The number of allylic oxidation sites excluding steroid dienone is 1. The van der Waals surface area contributed by atoms with Gasteiger partial charge in [0.15, 0.2) is 4.80 Å². The topological polar surface area (TPSA) is 90.0 Å². The van der Waals surface area contributed by atoms with E-state index in [0.29, 0.717) is 43.3 Å². The summed E-state index contributed by atoms with van der Waals surface area (Å²) in [4.78, 5) is 30.8. The molecule has 1 saturated heterocycles. The third-order valence-electron chi connectivity index (χ3n) is 4.92. The summed E-state index contributed by atoms with van der Waals surface area (Å²) in [5.74, 6) is -0.528. The van der Waals surface area contributed by atoms with E-state index < -0.39 is 10.8 Å². The Morgan fingerprint density at radius 1 is 1.29 bits per heavy atom. The normalized spacial score (nSPS) is 14.7. The van der Waals surface area contributed by atoms with Gasteiger partial charge in [-0.15, -0.1) is 6.58 Å². The summed E-state index contributed by atoms with van der Waals surface area (Å²) < 4.78 is 9.12. The SMILES string of the molecule is C=CCn1c(=NC(=O)c2ccc(N3CCOCC3)c([N+](=O)[O-])c2)sc2cc(Br)ccc21. The van der Waals surface area contributed by atoms with Crippen molar-refractivity contribution in [2.24, 2.45) is 4.99 Å². The summed E-state index contributed by atoms with van der Waals surface area (Å²) in [6.07, 6.45) is 1.74. The minimum absolute atomic E-state index is 0.109. The third-order valence-corrected chi connectivity index (χ3v) is 6.46. The average molecular weight is 503 g/mol. The van der Waals surface area contributed by atoms with Crippen molar-refractivity contribution in [3.05, 3.63) is 74.0 Å². The van der Waals surface area contributed by atoms with E-state index in [1.165, 1.54) is 17.4 Å². The molecule has 0 N–H and O–H groups in total. The summed E-state index contributed by atoms with van der Waals surface area (Å²) in [5, 5.41) is 11.7. The van der Waals surface area contributed by atoms with Gasteiger partial charge < -0.3 is 14.2 Å². The number of anilines is 1. The van der Waals surface area contributed by atoms with Crippen LogP contribution in [0.4, 0.5) is 11.4 Å². The molecule has 1 aliphatic rings. The number of aromatic nitrogens is 1. The molecule has 31 heavy (non-hydrogen) atoms. The first-order valence-electron chi connectivity index (χ1n) is 9.58. The smallest absolute Gasteiger partial charge is 0.293 e. The molecule has 8 nitrogen and oxygen atoms in total. The van der Waals surface area contributed by atoms with Crippen LogP contribution in [-0.4, -0.2) is 41.7 Å². The van der Waals surface area contributed by atoms with E-state index in [2.05, 4.69) is 27.5 Å². The first-order valence-corrected chi connectivity index (χ1v) is 11.2. The van der Waals surface area contributed by atoms with Crippen molar-refractivity contribution >= 4 is 54.8 Å². The van der Waals surface area contributed by atoms with Crippen molar-refractivity contribution in [2.75, 3.05) is 31.2 Å². The van der Waals surface area contributed by atoms with Crippen LogP contribution >= 0.6 is 27.3 Å². The number of nitro benzene ring substituents is 1. The second-order valence-corrected chi connectivity index (χ2v) is 8.80. The lowest BCUT2D eigenvalue weighted by molar-refractivity contribution is -0.384. The number of morpholine rings is 1. The van der Waals surface area contributed by atoms with Gasteiger partial charge >= 0.3 is 0 Å². The number of fused-ring (bicyclic) bond motifs is 1. The van der Waals surface area contributed by atoms with Gasteiger partial charge in [0.2, 0.25) is 0 Å². The molecule has 3 aromatic rings. The van der Waals surface area contributed by atoms with E-state index >= 15 is 0 Å². The molecule has 1 aromatic heterocycles. The van der Waals surface area contributed by atoms with Gasteiger partial charge in [-0.1, -0.05) is 33.3 Å². The Kier molecular flexibility index (Phi) is 6.30. The molecule has 0 saturated carbocycles. The molecule has 0 aliphatic carbocycles. The molecule has 1 fully saturated rings. The fraction of sp³-hybridized carbons (Fsp3) is 0.238. The minimum Gasteiger partial charge on any atom is -0.378 e. The zero-order valence-corrected chi connectivity index (χ0v) is 18.9. The van der Waals surface area contributed by atoms with Crippen molar-refractivity contribution in [3.63, 3.8) is 0 Å². The summed E-state index contributed by atoms with van der Waals surface area (Å²) in [5.41, 5.74) is 1.49. The zero-order valence-electron chi connectivity index (χ0n) is 16.5. The highest BCUT2D eigenvalue weighted by Gasteiger charge is 2.23. The van der Waals surface area contributed by atoms with Crippen LogP contribution in [0.25, 0.3) is 10.2 Å². The van der Waals surface area contributed by atoms with Crippen LogP contribution in [0.15, 0.2) is 58.5 Å². The molecule has 0 atom stereocenters. The van der Waals surface area contributed by atoms with E-state index in [-0.39, 0.29) is 11.3 Å². The maximum absolute atomic E-state index is 12.9. The molecule has 0 bridgehead atoms. The highest BCUT2D eigenvalue weighted by molar-refractivity contribution is 9.10. The number of hydrogen-bond donors (Lipinski definition) is 0. The summed E-state index contributed by atoms with van der Waals surface area (Å²) in [6, 6.07) is 10.3. The number of nitro groups is 1. The molecule has 10 heteroatoms. The predicted molar refractivity (Wildman–Crippen MR) is 124 cm³/mol. The first-order chi connectivity index (χ1) is 15.0. The lowest BCUT2D eigenvalue weighted by Crippen LogP contribution is -2.36. The number of ether oxygens (including phenoxy) is 1. The molecular weight excluding hydrogens is 484 g/mol. The van der Waals surface area contributed by atoms with Crippen molar-refractivity contribution in [2.45, 2.75) is 6.54 Å².